The lowest BCUT2D eigenvalue weighted by Crippen LogP contribution is -2.35. The molecule has 0 amide bonds. The van der Waals surface area contributed by atoms with Gasteiger partial charge in [-0.2, -0.15) is 0 Å². The Hall–Kier alpha value is -3.13. The molecule has 0 bridgehead atoms. The molecule has 1 aromatic carbocycles. The molecule has 1 aliphatic heterocycles. The first-order valence-corrected chi connectivity index (χ1v) is 10.5. The highest BCUT2D eigenvalue weighted by Gasteiger charge is 2.14. The summed E-state index contributed by atoms with van der Waals surface area (Å²) in [4.78, 5) is 13.5. The molecule has 3 aromatic rings. The minimum Gasteiger partial charge on any atom is -0.491 e. The second-order valence-corrected chi connectivity index (χ2v) is 7.63. The lowest BCUT2D eigenvalue weighted by atomic mass is 10.2. The Labute approximate surface area is 173 Å². The van der Waals surface area contributed by atoms with E-state index in [1.54, 1.807) is 6.20 Å². The molecule has 0 radical (unpaired) electrons. The van der Waals surface area contributed by atoms with Crippen LogP contribution < -0.4 is 20.1 Å². The van der Waals surface area contributed by atoms with Gasteiger partial charge in [-0.25, -0.2) is 9.97 Å². The first kappa shape index (κ1) is 19.2. The van der Waals surface area contributed by atoms with Crippen molar-refractivity contribution in [2.24, 2.45) is 4.99 Å². The van der Waals surface area contributed by atoms with E-state index in [-0.39, 0.29) is 6.10 Å². The molecule has 0 fully saturated rings. The summed E-state index contributed by atoms with van der Waals surface area (Å²) in [6, 6.07) is 11.4. The Kier molecular flexibility index (Phi) is 5.90. The van der Waals surface area contributed by atoms with Crippen LogP contribution in [-0.4, -0.2) is 35.1 Å². The molecule has 1 aliphatic rings. The van der Waals surface area contributed by atoms with E-state index in [1.165, 1.54) is 11.3 Å². The molecule has 0 spiro atoms. The molecule has 8 heteroatoms. The van der Waals surface area contributed by atoms with Gasteiger partial charge in [-0.3, -0.25) is 4.99 Å². The number of nitrogens with zero attached hydrogens (tertiary/aromatic N) is 3. The van der Waals surface area contributed by atoms with E-state index < -0.39 is 0 Å². The SMILES string of the molecule is CC(C)Oc1ccc(Oc2ncccc2-c2csc(NC3=NCCCN3)n2)cc1. The topological polar surface area (TPSA) is 80.7 Å². The van der Waals surface area contributed by atoms with Crippen LogP contribution in [0.15, 0.2) is 53.0 Å². The number of thiazole rings is 1. The van der Waals surface area contributed by atoms with Crippen molar-refractivity contribution in [3.05, 3.63) is 48.0 Å². The van der Waals surface area contributed by atoms with Crippen LogP contribution in [-0.2, 0) is 0 Å². The maximum Gasteiger partial charge on any atom is 0.228 e. The number of nitrogens with one attached hydrogen (secondary N) is 2. The van der Waals surface area contributed by atoms with E-state index in [1.807, 2.05) is 55.6 Å². The summed E-state index contributed by atoms with van der Waals surface area (Å²) in [7, 11) is 0. The number of anilines is 1. The van der Waals surface area contributed by atoms with Crippen molar-refractivity contribution in [1.82, 2.24) is 15.3 Å². The highest BCUT2D eigenvalue weighted by atomic mass is 32.1. The van der Waals surface area contributed by atoms with Crippen LogP contribution in [0.1, 0.15) is 20.3 Å². The van der Waals surface area contributed by atoms with Crippen LogP contribution >= 0.6 is 11.3 Å². The van der Waals surface area contributed by atoms with Crippen LogP contribution in [0.25, 0.3) is 11.3 Å². The minimum absolute atomic E-state index is 0.131. The highest BCUT2D eigenvalue weighted by Crippen LogP contribution is 2.33. The Bertz CT molecular complexity index is 985. The number of aliphatic imine (C=N–C) groups is 1. The molecular weight excluding hydrogens is 386 g/mol. The maximum absolute atomic E-state index is 6.02. The monoisotopic (exact) mass is 409 g/mol. The molecule has 0 unspecified atom stereocenters. The summed E-state index contributed by atoms with van der Waals surface area (Å²) in [6.07, 6.45) is 2.89. The lowest BCUT2D eigenvalue weighted by molar-refractivity contribution is 0.242. The van der Waals surface area contributed by atoms with Gasteiger partial charge in [-0.15, -0.1) is 11.3 Å². The van der Waals surface area contributed by atoms with E-state index in [2.05, 4.69) is 25.6 Å². The molecule has 0 saturated heterocycles. The average Bonchev–Trinajstić information content (AvgIpc) is 3.18. The Morgan fingerprint density at radius 1 is 1.14 bits per heavy atom. The van der Waals surface area contributed by atoms with Gasteiger partial charge in [0.1, 0.15) is 11.5 Å². The van der Waals surface area contributed by atoms with E-state index in [9.17, 15) is 0 Å². The number of ether oxygens (including phenoxy) is 2. The van der Waals surface area contributed by atoms with Gasteiger partial charge in [0, 0.05) is 24.7 Å². The number of rotatable bonds is 6. The van der Waals surface area contributed by atoms with Crippen molar-refractivity contribution in [1.29, 1.82) is 0 Å². The number of hydrogen-bond donors (Lipinski definition) is 2. The van der Waals surface area contributed by atoms with Gasteiger partial charge in [0.05, 0.1) is 17.4 Å². The van der Waals surface area contributed by atoms with Crippen LogP contribution in [0.2, 0.25) is 0 Å². The lowest BCUT2D eigenvalue weighted by Gasteiger charge is -2.14. The van der Waals surface area contributed by atoms with Gasteiger partial charge < -0.3 is 20.1 Å². The van der Waals surface area contributed by atoms with Crippen molar-refractivity contribution < 1.29 is 9.47 Å². The van der Waals surface area contributed by atoms with Crippen LogP contribution in [0.4, 0.5) is 5.13 Å². The van der Waals surface area contributed by atoms with E-state index >= 15 is 0 Å². The summed E-state index contributed by atoms with van der Waals surface area (Å²) >= 11 is 1.52. The van der Waals surface area contributed by atoms with Gasteiger partial charge >= 0.3 is 0 Å². The second kappa shape index (κ2) is 8.91. The first-order valence-electron chi connectivity index (χ1n) is 9.58. The molecule has 0 aliphatic carbocycles. The number of aromatic nitrogens is 2. The smallest absolute Gasteiger partial charge is 0.228 e. The van der Waals surface area contributed by atoms with E-state index in [0.717, 1.165) is 47.6 Å². The largest absolute Gasteiger partial charge is 0.491 e. The molecule has 7 nitrogen and oxygen atoms in total. The van der Waals surface area contributed by atoms with Crippen LogP contribution in [0.3, 0.4) is 0 Å². The molecule has 2 aromatic heterocycles. The first-order chi connectivity index (χ1) is 14.2. The van der Waals surface area contributed by atoms with Crippen molar-refractivity contribution in [3.8, 4) is 28.6 Å². The number of guanidine groups is 1. The fraction of sp³-hybridized carbons (Fsp3) is 0.286. The minimum atomic E-state index is 0.131. The third-order valence-electron chi connectivity index (χ3n) is 4.08. The van der Waals surface area contributed by atoms with Crippen molar-refractivity contribution in [3.63, 3.8) is 0 Å². The Morgan fingerprint density at radius 3 is 2.72 bits per heavy atom. The fourth-order valence-corrected chi connectivity index (χ4v) is 3.52. The summed E-state index contributed by atoms with van der Waals surface area (Å²) in [6.45, 7) is 5.75. The van der Waals surface area contributed by atoms with Crippen molar-refractivity contribution >= 4 is 22.4 Å². The Morgan fingerprint density at radius 2 is 1.97 bits per heavy atom. The van der Waals surface area contributed by atoms with Gasteiger partial charge in [0.15, 0.2) is 11.1 Å². The third kappa shape index (κ3) is 5.03. The average molecular weight is 410 g/mol. The van der Waals surface area contributed by atoms with E-state index in [0.29, 0.717) is 11.6 Å². The molecule has 150 valence electrons. The summed E-state index contributed by atoms with van der Waals surface area (Å²) in [5.74, 6) is 2.77. The third-order valence-corrected chi connectivity index (χ3v) is 4.84. The zero-order valence-electron chi connectivity index (χ0n) is 16.4. The molecule has 4 rings (SSSR count). The predicted octanol–water partition coefficient (Wildman–Crippen LogP) is 4.55. The highest BCUT2D eigenvalue weighted by molar-refractivity contribution is 7.14. The zero-order valence-corrected chi connectivity index (χ0v) is 17.2. The van der Waals surface area contributed by atoms with Crippen molar-refractivity contribution in [2.75, 3.05) is 18.4 Å². The quantitative estimate of drug-likeness (QED) is 0.622. The van der Waals surface area contributed by atoms with Crippen LogP contribution in [0.5, 0.6) is 17.4 Å². The van der Waals surface area contributed by atoms with E-state index in [4.69, 9.17) is 9.47 Å². The number of benzene rings is 1. The summed E-state index contributed by atoms with van der Waals surface area (Å²) < 4.78 is 11.7. The maximum atomic E-state index is 6.02. The number of hydrogen-bond acceptors (Lipinski definition) is 8. The summed E-state index contributed by atoms with van der Waals surface area (Å²) in [5, 5.41) is 9.23. The van der Waals surface area contributed by atoms with Gasteiger partial charge in [-0.1, -0.05) is 0 Å². The van der Waals surface area contributed by atoms with Crippen LogP contribution in [0, 0.1) is 0 Å². The van der Waals surface area contributed by atoms with Gasteiger partial charge in [-0.05, 0) is 56.7 Å². The second-order valence-electron chi connectivity index (χ2n) is 6.77. The summed E-state index contributed by atoms with van der Waals surface area (Å²) in [5.41, 5.74) is 1.63. The predicted molar refractivity (Wildman–Crippen MR) is 116 cm³/mol. The molecule has 29 heavy (non-hydrogen) atoms. The Balaban J connectivity index is 1.50. The molecular formula is C21H23N5O2S. The van der Waals surface area contributed by atoms with Gasteiger partial charge in [0.2, 0.25) is 5.88 Å². The standard InChI is InChI=1S/C21H23N5O2S/c1-14(2)27-15-6-8-16(9-7-15)28-19-17(5-3-10-22-19)18-13-29-21(25-18)26-20-23-11-4-12-24-20/h3,5-10,13-14H,4,11-12H2,1-2H3,(H2,23,24,25,26). The van der Waals surface area contributed by atoms with Gasteiger partial charge in [0.25, 0.3) is 0 Å². The molecule has 0 saturated carbocycles. The van der Waals surface area contributed by atoms with Crippen molar-refractivity contribution in [2.45, 2.75) is 26.4 Å². The fourth-order valence-electron chi connectivity index (χ4n) is 2.81. The normalized spacial score (nSPS) is 13.6. The molecule has 3 heterocycles. The number of pyridine rings is 1. The molecule has 0 atom stereocenters. The molecule has 2 N–H and O–H groups in total. The zero-order chi connectivity index (χ0) is 20.1.